The van der Waals surface area contributed by atoms with Crippen LogP contribution < -0.4 is 10.0 Å². The van der Waals surface area contributed by atoms with Crippen molar-refractivity contribution in [3.05, 3.63) is 38.3 Å². The Morgan fingerprint density at radius 3 is 2.41 bits per heavy atom. The second-order valence-corrected chi connectivity index (χ2v) is 10.3. The second kappa shape index (κ2) is 8.69. The Morgan fingerprint density at radius 2 is 1.83 bits per heavy atom. The van der Waals surface area contributed by atoms with Crippen molar-refractivity contribution in [3.8, 4) is 0 Å². The van der Waals surface area contributed by atoms with E-state index < -0.39 is 15.9 Å². The van der Waals surface area contributed by atoms with E-state index in [4.69, 9.17) is 23.2 Å². The number of rotatable bonds is 6. The van der Waals surface area contributed by atoms with E-state index in [1.807, 2.05) is 0 Å². The highest BCUT2D eigenvalue weighted by molar-refractivity contribution is 7.89. The van der Waals surface area contributed by atoms with E-state index in [9.17, 15) is 18.0 Å². The Bertz CT molecular complexity index is 1080. The molecule has 1 fully saturated rings. The molecule has 156 valence electrons. The monoisotopic (exact) mass is 475 g/mol. The normalized spacial score (nSPS) is 14.9. The number of nitrogens with zero attached hydrogens (tertiary/aromatic N) is 1. The molecule has 1 aromatic heterocycles. The van der Waals surface area contributed by atoms with E-state index >= 15 is 0 Å². The zero-order valence-electron chi connectivity index (χ0n) is 15.7. The van der Waals surface area contributed by atoms with Crippen LogP contribution in [-0.4, -0.2) is 31.1 Å². The maximum absolute atomic E-state index is 12.8. The van der Waals surface area contributed by atoms with E-state index in [2.05, 4.69) is 15.0 Å². The minimum Gasteiger partial charge on any atom is -0.298 e. The van der Waals surface area contributed by atoms with Crippen LogP contribution in [0, 0.1) is 6.92 Å². The van der Waals surface area contributed by atoms with Gasteiger partial charge >= 0.3 is 0 Å². The van der Waals surface area contributed by atoms with E-state index in [-0.39, 0.29) is 37.5 Å². The number of benzene rings is 1. The number of Topliss-reactive ketones (excluding diaryl/α,β-unsaturated/α-hetero) is 1. The number of sulfonamides is 1. The van der Waals surface area contributed by atoms with Gasteiger partial charge in [0.1, 0.15) is 4.90 Å². The average molecular weight is 476 g/mol. The molecule has 29 heavy (non-hydrogen) atoms. The van der Waals surface area contributed by atoms with Crippen molar-refractivity contribution in [1.29, 1.82) is 0 Å². The Balaban J connectivity index is 1.89. The molecule has 2 N–H and O–H groups in total. The van der Waals surface area contributed by atoms with Gasteiger partial charge in [-0.3, -0.25) is 14.9 Å². The topological polar surface area (TPSA) is 105 Å². The third kappa shape index (κ3) is 4.97. The van der Waals surface area contributed by atoms with Gasteiger partial charge in [-0.05, 0) is 31.9 Å². The fourth-order valence-corrected chi connectivity index (χ4v) is 6.20. The van der Waals surface area contributed by atoms with Gasteiger partial charge in [-0.25, -0.2) is 18.1 Å². The lowest BCUT2D eigenvalue weighted by molar-refractivity contribution is 0.101. The molecule has 1 saturated carbocycles. The lowest BCUT2D eigenvalue weighted by Gasteiger charge is -2.15. The molecule has 0 aliphatic heterocycles. The Morgan fingerprint density at radius 1 is 1.17 bits per heavy atom. The predicted octanol–water partition coefficient (Wildman–Crippen LogP) is 4.43. The molecule has 0 atom stereocenters. The number of halogens is 2. The zero-order valence-corrected chi connectivity index (χ0v) is 18.9. The summed E-state index contributed by atoms with van der Waals surface area (Å²) in [6, 6.07) is 2.24. The van der Waals surface area contributed by atoms with Gasteiger partial charge in [-0.1, -0.05) is 47.4 Å². The van der Waals surface area contributed by atoms with Crippen molar-refractivity contribution in [3.63, 3.8) is 0 Å². The smallest absolute Gasteiger partial charge is 0.259 e. The van der Waals surface area contributed by atoms with E-state index in [1.54, 1.807) is 6.92 Å². The first-order valence-corrected chi connectivity index (χ1v) is 11.9. The predicted molar refractivity (Wildman–Crippen MR) is 114 cm³/mol. The SMILES string of the molecule is CC(=O)c1sc(NC(=O)c2cc(S(=O)(=O)NC3CCCC3)c(Cl)cc2Cl)nc1C. The Kier molecular flexibility index (Phi) is 6.64. The number of nitrogens with one attached hydrogen (secondary N) is 2. The first kappa shape index (κ1) is 22.2. The highest BCUT2D eigenvalue weighted by atomic mass is 35.5. The number of hydrogen-bond acceptors (Lipinski definition) is 6. The van der Waals surface area contributed by atoms with Crippen LogP contribution in [0.15, 0.2) is 17.0 Å². The molecule has 1 aliphatic carbocycles. The summed E-state index contributed by atoms with van der Waals surface area (Å²) in [6.07, 6.45) is 3.45. The van der Waals surface area contributed by atoms with Gasteiger partial charge in [0.15, 0.2) is 10.9 Å². The van der Waals surface area contributed by atoms with Crippen molar-refractivity contribution >= 4 is 61.4 Å². The molecule has 0 unspecified atom stereocenters. The van der Waals surface area contributed by atoms with Crippen LogP contribution in [0.4, 0.5) is 5.13 Å². The van der Waals surface area contributed by atoms with Gasteiger partial charge < -0.3 is 0 Å². The minimum atomic E-state index is -3.91. The average Bonchev–Trinajstić information content (AvgIpc) is 3.23. The summed E-state index contributed by atoms with van der Waals surface area (Å²) in [5, 5.41) is 2.72. The summed E-state index contributed by atoms with van der Waals surface area (Å²) in [5.74, 6) is -0.802. The third-order valence-electron chi connectivity index (χ3n) is 4.57. The Hall–Kier alpha value is -1.52. The molecular formula is C18H19Cl2N3O4S2. The van der Waals surface area contributed by atoms with Crippen molar-refractivity contribution in [1.82, 2.24) is 9.71 Å². The van der Waals surface area contributed by atoms with Crippen molar-refractivity contribution in [2.45, 2.75) is 50.5 Å². The molecule has 0 bridgehead atoms. The molecule has 1 aromatic carbocycles. The maximum Gasteiger partial charge on any atom is 0.259 e. The first-order chi connectivity index (χ1) is 13.6. The summed E-state index contributed by atoms with van der Waals surface area (Å²) in [7, 11) is -3.91. The molecule has 1 heterocycles. The lowest BCUT2D eigenvalue weighted by atomic mass is 10.2. The van der Waals surface area contributed by atoms with Gasteiger partial charge in [-0.15, -0.1) is 0 Å². The number of anilines is 1. The molecule has 7 nitrogen and oxygen atoms in total. The number of hydrogen-bond donors (Lipinski definition) is 2. The minimum absolute atomic E-state index is 0.00684. The molecule has 1 amide bonds. The highest BCUT2D eigenvalue weighted by Crippen LogP contribution is 2.31. The Labute approximate surface area is 182 Å². The fraction of sp³-hybridized carbons (Fsp3) is 0.389. The van der Waals surface area contributed by atoms with Crippen molar-refractivity contribution < 1.29 is 18.0 Å². The van der Waals surface area contributed by atoms with Crippen molar-refractivity contribution in [2.75, 3.05) is 5.32 Å². The van der Waals surface area contributed by atoms with E-state index in [0.717, 1.165) is 43.1 Å². The number of aromatic nitrogens is 1. The summed E-state index contributed by atoms with van der Waals surface area (Å²) in [4.78, 5) is 28.6. The van der Waals surface area contributed by atoms with Crippen LogP contribution >= 0.6 is 34.5 Å². The number of amides is 1. The third-order valence-corrected chi connectivity index (χ3v) is 8.04. The van der Waals surface area contributed by atoms with Crippen LogP contribution in [0.5, 0.6) is 0 Å². The molecule has 11 heteroatoms. The number of carbonyl (C=O) groups is 2. The molecule has 2 aromatic rings. The van der Waals surface area contributed by atoms with Crippen LogP contribution in [0.2, 0.25) is 10.0 Å². The van der Waals surface area contributed by atoms with Crippen LogP contribution in [-0.2, 0) is 10.0 Å². The van der Waals surface area contributed by atoms with Gasteiger partial charge in [0.2, 0.25) is 10.0 Å². The molecule has 0 saturated heterocycles. The number of carbonyl (C=O) groups excluding carboxylic acids is 2. The van der Waals surface area contributed by atoms with Crippen LogP contribution in [0.25, 0.3) is 0 Å². The number of ketones is 1. The summed E-state index contributed by atoms with van der Waals surface area (Å²) in [5.41, 5.74) is 0.448. The number of aryl methyl sites for hydroxylation is 1. The largest absolute Gasteiger partial charge is 0.298 e. The summed E-state index contributed by atoms with van der Waals surface area (Å²) < 4.78 is 28.2. The summed E-state index contributed by atoms with van der Waals surface area (Å²) >= 11 is 13.3. The summed E-state index contributed by atoms with van der Waals surface area (Å²) in [6.45, 7) is 3.08. The van der Waals surface area contributed by atoms with Gasteiger partial charge in [0.05, 0.1) is 26.2 Å². The molecule has 1 aliphatic rings. The fourth-order valence-electron chi connectivity index (χ4n) is 3.18. The zero-order chi connectivity index (χ0) is 21.3. The highest BCUT2D eigenvalue weighted by Gasteiger charge is 2.27. The molecule has 3 rings (SSSR count). The van der Waals surface area contributed by atoms with Crippen LogP contribution in [0.3, 0.4) is 0 Å². The van der Waals surface area contributed by atoms with E-state index in [0.29, 0.717) is 10.6 Å². The molecule has 0 radical (unpaired) electrons. The number of thiazole rings is 1. The molecule has 0 spiro atoms. The van der Waals surface area contributed by atoms with Gasteiger partial charge in [-0.2, -0.15) is 0 Å². The van der Waals surface area contributed by atoms with Crippen molar-refractivity contribution in [2.24, 2.45) is 0 Å². The van der Waals surface area contributed by atoms with Gasteiger partial charge in [0, 0.05) is 13.0 Å². The standard InChI is InChI=1S/C18H19Cl2N3O4S2/c1-9-16(10(2)24)28-18(21-9)22-17(25)12-7-15(14(20)8-13(12)19)29(26,27)23-11-5-3-4-6-11/h7-8,11,23H,3-6H2,1-2H3,(H,21,22,25). The van der Waals surface area contributed by atoms with Crippen LogP contribution in [0.1, 0.15) is 58.3 Å². The van der Waals surface area contributed by atoms with Gasteiger partial charge in [0.25, 0.3) is 5.91 Å². The maximum atomic E-state index is 12.8. The first-order valence-electron chi connectivity index (χ1n) is 8.89. The lowest BCUT2D eigenvalue weighted by Crippen LogP contribution is -2.33. The quantitative estimate of drug-likeness (QED) is 0.600. The molecular weight excluding hydrogens is 457 g/mol. The second-order valence-electron chi connectivity index (χ2n) is 6.81. The van der Waals surface area contributed by atoms with E-state index in [1.165, 1.54) is 13.0 Å².